The molecule has 1 aliphatic heterocycles. The summed E-state index contributed by atoms with van der Waals surface area (Å²) in [5.74, 6) is -1.62. The van der Waals surface area contributed by atoms with Gasteiger partial charge in [-0.25, -0.2) is 0 Å². The van der Waals surface area contributed by atoms with E-state index in [4.69, 9.17) is 0 Å². The van der Waals surface area contributed by atoms with E-state index in [9.17, 15) is 31.1 Å². The van der Waals surface area contributed by atoms with E-state index in [1.54, 1.807) is 30.3 Å². The predicted molar refractivity (Wildman–Crippen MR) is 73.9 cm³/mol. The van der Waals surface area contributed by atoms with Crippen molar-refractivity contribution in [1.29, 1.82) is 0 Å². The van der Waals surface area contributed by atoms with Crippen LogP contribution in [0.25, 0.3) is 0 Å². The zero-order valence-corrected chi connectivity index (χ0v) is 12.5. The highest BCUT2D eigenvalue weighted by molar-refractivity contribution is 5.84. The second-order valence-electron chi connectivity index (χ2n) is 5.82. The number of rotatable bonds is 4. The zero-order valence-electron chi connectivity index (χ0n) is 12.5. The number of benzene rings is 1. The Bertz CT molecular complexity index is 572. The number of amides is 1. The van der Waals surface area contributed by atoms with Gasteiger partial charge in [-0.05, 0) is 18.5 Å². The Labute approximate surface area is 134 Å². The number of hydrogen-bond acceptors (Lipinski definition) is 2. The maximum atomic E-state index is 13.4. The molecule has 1 aromatic rings. The minimum absolute atomic E-state index is 0.0200. The summed E-state index contributed by atoms with van der Waals surface area (Å²) in [6.45, 7) is -2.25. The van der Waals surface area contributed by atoms with Crippen LogP contribution in [0.15, 0.2) is 30.3 Å². The fraction of sp³-hybridized carbons (Fsp3) is 0.533. The highest BCUT2D eigenvalue weighted by Gasteiger charge is 2.63. The summed E-state index contributed by atoms with van der Waals surface area (Å²) >= 11 is 0. The van der Waals surface area contributed by atoms with Crippen molar-refractivity contribution in [3.63, 3.8) is 0 Å². The van der Waals surface area contributed by atoms with E-state index in [0.717, 1.165) is 5.56 Å². The third-order valence-corrected chi connectivity index (χ3v) is 4.02. The summed E-state index contributed by atoms with van der Waals surface area (Å²) < 4.78 is 76.8. The largest absolute Gasteiger partial charge is 0.405 e. The van der Waals surface area contributed by atoms with Gasteiger partial charge in [-0.15, -0.1) is 0 Å². The van der Waals surface area contributed by atoms with Crippen LogP contribution in [0.1, 0.15) is 12.0 Å². The molecule has 134 valence electrons. The van der Waals surface area contributed by atoms with Crippen molar-refractivity contribution in [3.8, 4) is 0 Å². The van der Waals surface area contributed by atoms with Crippen molar-refractivity contribution in [1.82, 2.24) is 10.2 Å². The average Bonchev–Trinajstić information content (AvgIpc) is 2.90. The molecule has 0 bridgehead atoms. The Kier molecular flexibility index (Phi) is 5.12. The summed E-state index contributed by atoms with van der Waals surface area (Å²) in [7, 11) is 0. The second kappa shape index (κ2) is 6.62. The van der Waals surface area contributed by atoms with Crippen LogP contribution in [0, 0.1) is 5.41 Å². The minimum atomic E-state index is -4.92. The van der Waals surface area contributed by atoms with E-state index in [2.05, 4.69) is 0 Å². The third kappa shape index (κ3) is 4.19. The molecule has 0 saturated carbocycles. The SMILES string of the molecule is O=C(NCC(F)(F)F)C1(C(F)(F)F)CCN(Cc2ccccc2)C1. The lowest BCUT2D eigenvalue weighted by Gasteiger charge is -2.30. The van der Waals surface area contributed by atoms with Crippen LogP contribution < -0.4 is 5.32 Å². The molecule has 1 unspecified atom stereocenters. The van der Waals surface area contributed by atoms with Gasteiger partial charge >= 0.3 is 12.4 Å². The van der Waals surface area contributed by atoms with Crippen molar-refractivity contribution in [2.24, 2.45) is 5.41 Å². The quantitative estimate of drug-likeness (QED) is 0.843. The van der Waals surface area contributed by atoms with Crippen molar-refractivity contribution >= 4 is 5.91 Å². The third-order valence-electron chi connectivity index (χ3n) is 4.02. The van der Waals surface area contributed by atoms with Crippen LogP contribution in [0.5, 0.6) is 0 Å². The van der Waals surface area contributed by atoms with Gasteiger partial charge in [0.1, 0.15) is 6.54 Å². The van der Waals surface area contributed by atoms with E-state index in [1.807, 2.05) is 0 Å². The van der Waals surface area contributed by atoms with Gasteiger partial charge in [0.15, 0.2) is 5.41 Å². The molecule has 0 spiro atoms. The molecular weight excluding hydrogens is 338 g/mol. The predicted octanol–water partition coefficient (Wildman–Crippen LogP) is 3.12. The summed E-state index contributed by atoms with van der Waals surface area (Å²) in [4.78, 5) is 13.3. The minimum Gasteiger partial charge on any atom is -0.346 e. The molecule has 1 saturated heterocycles. The van der Waals surface area contributed by atoms with Crippen LogP contribution in [0.3, 0.4) is 0 Å². The molecule has 0 aliphatic carbocycles. The normalized spacial score (nSPS) is 22.6. The van der Waals surface area contributed by atoms with Gasteiger partial charge in [0, 0.05) is 13.1 Å². The van der Waals surface area contributed by atoms with Crippen LogP contribution >= 0.6 is 0 Å². The lowest BCUT2D eigenvalue weighted by molar-refractivity contribution is -0.219. The van der Waals surface area contributed by atoms with Crippen molar-refractivity contribution in [2.45, 2.75) is 25.3 Å². The maximum absolute atomic E-state index is 13.4. The number of halogens is 6. The van der Waals surface area contributed by atoms with Crippen LogP contribution in [-0.4, -0.2) is 42.8 Å². The molecule has 0 aromatic heterocycles. The number of likely N-dealkylation sites (tertiary alicyclic amines) is 1. The molecule has 2 rings (SSSR count). The van der Waals surface area contributed by atoms with Gasteiger partial charge < -0.3 is 5.32 Å². The Morgan fingerprint density at radius 3 is 2.29 bits per heavy atom. The summed E-state index contributed by atoms with van der Waals surface area (Å²) in [6.07, 6.45) is -10.2. The van der Waals surface area contributed by atoms with E-state index in [-0.39, 0.29) is 13.1 Å². The molecule has 0 radical (unpaired) electrons. The van der Waals surface area contributed by atoms with Crippen molar-refractivity contribution in [2.75, 3.05) is 19.6 Å². The van der Waals surface area contributed by atoms with Crippen LogP contribution in [-0.2, 0) is 11.3 Å². The van der Waals surface area contributed by atoms with Gasteiger partial charge in [0.25, 0.3) is 0 Å². The summed E-state index contributed by atoms with van der Waals surface area (Å²) in [5, 5.41) is 1.39. The van der Waals surface area contributed by atoms with E-state index >= 15 is 0 Å². The van der Waals surface area contributed by atoms with Crippen LogP contribution in [0.4, 0.5) is 26.3 Å². The Balaban J connectivity index is 2.11. The van der Waals surface area contributed by atoms with Gasteiger partial charge in [0.2, 0.25) is 5.91 Å². The molecule has 1 heterocycles. The van der Waals surface area contributed by atoms with Gasteiger partial charge in [-0.2, -0.15) is 26.3 Å². The monoisotopic (exact) mass is 354 g/mol. The highest BCUT2D eigenvalue weighted by atomic mass is 19.4. The molecule has 1 aromatic carbocycles. The molecule has 3 nitrogen and oxygen atoms in total. The molecule has 1 atom stereocenters. The lowest BCUT2D eigenvalue weighted by atomic mass is 9.85. The van der Waals surface area contributed by atoms with E-state index in [1.165, 1.54) is 10.2 Å². The van der Waals surface area contributed by atoms with E-state index < -0.39 is 43.2 Å². The lowest BCUT2D eigenvalue weighted by Crippen LogP contribution is -2.53. The average molecular weight is 354 g/mol. The summed E-state index contributed by atoms with van der Waals surface area (Å²) in [6, 6.07) is 8.70. The molecule has 24 heavy (non-hydrogen) atoms. The number of nitrogens with zero attached hydrogens (tertiary/aromatic N) is 1. The van der Waals surface area contributed by atoms with Crippen molar-refractivity contribution in [3.05, 3.63) is 35.9 Å². The number of nitrogens with one attached hydrogen (secondary N) is 1. The van der Waals surface area contributed by atoms with Gasteiger partial charge in [0.05, 0.1) is 0 Å². The number of alkyl halides is 6. The summed E-state index contributed by atoms with van der Waals surface area (Å²) in [5.41, 5.74) is -2.04. The van der Waals surface area contributed by atoms with Gasteiger partial charge in [-0.1, -0.05) is 30.3 Å². The van der Waals surface area contributed by atoms with Crippen LogP contribution in [0.2, 0.25) is 0 Å². The zero-order chi connectivity index (χ0) is 18.0. The molecule has 1 N–H and O–H groups in total. The van der Waals surface area contributed by atoms with Crippen molar-refractivity contribution < 1.29 is 31.1 Å². The Morgan fingerprint density at radius 1 is 1.12 bits per heavy atom. The first-order chi connectivity index (χ1) is 11.0. The van der Waals surface area contributed by atoms with E-state index in [0.29, 0.717) is 0 Å². The molecule has 1 fully saturated rings. The topological polar surface area (TPSA) is 32.3 Å². The highest BCUT2D eigenvalue weighted by Crippen LogP contribution is 2.46. The standard InChI is InChI=1S/C15H16F6N2O/c16-14(17,18)9-22-12(24)13(15(19,20)21)6-7-23(10-13)8-11-4-2-1-3-5-11/h1-5H,6-10H2,(H,22,24). The van der Waals surface area contributed by atoms with Gasteiger partial charge in [-0.3, -0.25) is 9.69 Å². The maximum Gasteiger partial charge on any atom is 0.405 e. The second-order valence-corrected chi connectivity index (χ2v) is 5.82. The first kappa shape index (κ1) is 18.6. The number of carbonyl (C=O) groups excluding carboxylic acids is 1. The fourth-order valence-electron chi connectivity index (χ4n) is 2.76. The molecular formula is C15H16F6N2O. The smallest absolute Gasteiger partial charge is 0.346 e. The molecule has 9 heteroatoms. The Morgan fingerprint density at radius 2 is 1.75 bits per heavy atom. The Hall–Kier alpha value is -1.77. The first-order valence-corrected chi connectivity index (χ1v) is 7.22. The molecule has 1 aliphatic rings. The first-order valence-electron chi connectivity index (χ1n) is 7.22. The number of hydrogen-bond donors (Lipinski definition) is 1. The number of carbonyl (C=O) groups is 1. The molecule has 1 amide bonds. The fourth-order valence-corrected chi connectivity index (χ4v) is 2.76.